The van der Waals surface area contributed by atoms with E-state index < -0.39 is 12.0 Å². The Bertz CT molecular complexity index is 620. The molecule has 26 heavy (non-hydrogen) atoms. The molecule has 2 N–H and O–H groups in total. The number of amides is 1. The van der Waals surface area contributed by atoms with Crippen molar-refractivity contribution in [2.75, 3.05) is 13.1 Å². The molecule has 0 radical (unpaired) electrons. The molecule has 2 aliphatic rings. The third kappa shape index (κ3) is 4.95. The fourth-order valence-electron chi connectivity index (χ4n) is 4.13. The first kappa shape index (κ1) is 20.6. The molecule has 0 spiro atoms. The van der Waals surface area contributed by atoms with Crippen LogP contribution in [0, 0.1) is 11.7 Å². The van der Waals surface area contributed by atoms with Crippen molar-refractivity contribution in [3.8, 4) is 0 Å². The predicted octanol–water partition coefficient (Wildman–Crippen LogP) is 3.14. The number of benzene rings is 1. The fraction of sp³-hybridized carbons (Fsp3) is 0.579. The standard InChI is InChI=1S/C19H25FN2O3.ClH/c20-15-9-7-14(8-10-15)18(13-4-1-2-5-13)21-17(23)12-22-11-3-6-16(22)19(24)25;/h7-10,13,16,18H,1-6,11-12H2,(H,21,23)(H,24,25);1H. The van der Waals surface area contributed by atoms with Crippen molar-refractivity contribution in [1.29, 1.82) is 0 Å². The monoisotopic (exact) mass is 384 g/mol. The van der Waals surface area contributed by atoms with Gasteiger partial charge in [-0.3, -0.25) is 14.5 Å². The third-order valence-corrected chi connectivity index (χ3v) is 5.41. The van der Waals surface area contributed by atoms with Gasteiger partial charge in [-0.1, -0.05) is 25.0 Å². The van der Waals surface area contributed by atoms with E-state index in [4.69, 9.17) is 0 Å². The highest BCUT2D eigenvalue weighted by Crippen LogP contribution is 2.35. The summed E-state index contributed by atoms with van der Waals surface area (Å²) in [5.74, 6) is -0.963. The first-order valence-electron chi connectivity index (χ1n) is 9.06. The van der Waals surface area contributed by atoms with Gasteiger partial charge in [0.05, 0.1) is 12.6 Å². The molecule has 1 amide bonds. The number of hydrogen-bond acceptors (Lipinski definition) is 3. The molecule has 1 aromatic carbocycles. The highest BCUT2D eigenvalue weighted by Gasteiger charge is 2.33. The number of carboxylic acids is 1. The summed E-state index contributed by atoms with van der Waals surface area (Å²) in [6.45, 7) is 0.733. The van der Waals surface area contributed by atoms with Crippen LogP contribution in [0.5, 0.6) is 0 Å². The minimum atomic E-state index is -0.865. The zero-order valence-electron chi connectivity index (χ0n) is 14.7. The lowest BCUT2D eigenvalue weighted by Gasteiger charge is -2.27. The van der Waals surface area contributed by atoms with E-state index in [2.05, 4.69) is 5.32 Å². The van der Waals surface area contributed by atoms with E-state index in [-0.39, 0.29) is 36.7 Å². The second kappa shape index (κ2) is 9.33. The van der Waals surface area contributed by atoms with Gasteiger partial charge in [-0.05, 0) is 55.8 Å². The van der Waals surface area contributed by atoms with E-state index in [9.17, 15) is 19.1 Å². The summed E-state index contributed by atoms with van der Waals surface area (Å²) < 4.78 is 13.2. The molecule has 1 aliphatic carbocycles. The van der Waals surface area contributed by atoms with Gasteiger partial charge in [0.15, 0.2) is 0 Å². The Balaban J connectivity index is 0.00000243. The second-order valence-electron chi connectivity index (χ2n) is 7.11. The van der Waals surface area contributed by atoms with Crippen LogP contribution in [-0.4, -0.2) is 41.0 Å². The first-order valence-corrected chi connectivity index (χ1v) is 9.06. The molecule has 2 atom stereocenters. The molecule has 1 aliphatic heterocycles. The van der Waals surface area contributed by atoms with E-state index in [1.807, 2.05) is 0 Å². The Morgan fingerprint density at radius 3 is 2.42 bits per heavy atom. The highest BCUT2D eigenvalue weighted by molar-refractivity contribution is 5.85. The fourth-order valence-corrected chi connectivity index (χ4v) is 4.13. The predicted molar refractivity (Wildman–Crippen MR) is 98.7 cm³/mol. The smallest absolute Gasteiger partial charge is 0.320 e. The number of carboxylic acid groups (broad SMARTS) is 1. The number of halogens is 2. The van der Waals surface area contributed by atoms with Gasteiger partial charge in [-0.25, -0.2) is 4.39 Å². The van der Waals surface area contributed by atoms with Crippen LogP contribution in [0.3, 0.4) is 0 Å². The maximum Gasteiger partial charge on any atom is 0.320 e. The minimum Gasteiger partial charge on any atom is -0.480 e. The molecule has 1 saturated heterocycles. The largest absolute Gasteiger partial charge is 0.480 e. The quantitative estimate of drug-likeness (QED) is 0.790. The van der Waals surface area contributed by atoms with Crippen molar-refractivity contribution < 1.29 is 19.1 Å². The van der Waals surface area contributed by atoms with Crippen molar-refractivity contribution in [2.45, 2.75) is 50.6 Å². The molecule has 1 aromatic rings. The number of rotatable bonds is 6. The number of carbonyl (C=O) groups is 2. The Morgan fingerprint density at radius 2 is 1.81 bits per heavy atom. The number of hydrogen-bond donors (Lipinski definition) is 2. The molecule has 144 valence electrons. The Hall–Kier alpha value is -1.66. The van der Waals surface area contributed by atoms with Crippen molar-refractivity contribution in [1.82, 2.24) is 10.2 Å². The number of aliphatic carboxylic acids is 1. The van der Waals surface area contributed by atoms with Gasteiger partial charge in [0, 0.05) is 0 Å². The Labute approximate surface area is 159 Å². The van der Waals surface area contributed by atoms with Crippen LogP contribution in [0.25, 0.3) is 0 Å². The molecule has 7 heteroatoms. The average Bonchev–Trinajstić information content (AvgIpc) is 3.25. The lowest BCUT2D eigenvalue weighted by atomic mass is 9.91. The normalized spacial score (nSPS) is 22.0. The van der Waals surface area contributed by atoms with Crippen molar-refractivity contribution in [3.05, 3.63) is 35.6 Å². The van der Waals surface area contributed by atoms with Gasteiger partial charge >= 0.3 is 5.97 Å². The van der Waals surface area contributed by atoms with Crippen LogP contribution in [0.15, 0.2) is 24.3 Å². The Kier molecular flexibility index (Phi) is 7.41. The van der Waals surface area contributed by atoms with Gasteiger partial charge < -0.3 is 10.4 Å². The van der Waals surface area contributed by atoms with Crippen molar-refractivity contribution >= 4 is 24.3 Å². The van der Waals surface area contributed by atoms with E-state index in [0.717, 1.165) is 37.7 Å². The number of nitrogens with one attached hydrogen (secondary N) is 1. The summed E-state index contributed by atoms with van der Waals surface area (Å²) in [4.78, 5) is 25.6. The van der Waals surface area contributed by atoms with Gasteiger partial charge in [0.25, 0.3) is 0 Å². The van der Waals surface area contributed by atoms with Crippen LogP contribution in [-0.2, 0) is 9.59 Å². The summed E-state index contributed by atoms with van der Waals surface area (Å²) in [6.07, 6.45) is 5.77. The number of carbonyl (C=O) groups excluding carboxylic acids is 1. The molecule has 1 saturated carbocycles. The van der Waals surface area contributed by atoms with Gasteiger partial charge in [-0.2, -0.15) is 0 Å². The van der Waals surface area contributed by atoms with Crippen molar-refractivity contribution in [2.24, 2.45) is 5.92 Å². The van der Waals surface area contributed by atoms with Gasteiger partial charge in [-0.15, -0.1) is 12.4 Å². The van der Waals surface area contributed by atoms with Crippen LogP contribution in [0.4, 0.5) is 4.39 Å². The molecule has 5 nitrogen and oxygen atoms in total. The molecule has 2 unspecified atom stereocenters. The molecule has 3 rings (SSSR count). The zero-order chi connectivity index (χ0) is 17.8. The number of nitrogens with zero attached hydrogens (tertiary/aromatic N) is 1. The molecule has 0 aromatic heterocycles. The summed E-state index contributed by atoms with van der Waals surface area (Å²) in [5, 5.41) is 12.3. The highest BCUT2D eigenvalue weighted by atomic mass is 35.5. The summed E-state index contributed by atoms with van der Waals surface area (Å²) in [6, 6.07) is 5.60. The molecule has 1 heterocycles. The van der Waals surface area contributed by atoms with Crippen molar-refractivity contribution in [3.63, 3.8) is 0 Å². The summed E-state index contributed by atoms with van der Waals surface area (Å²) in [7, 11) is 0. The van der Waals surface area contributed by atoms with Crippen LogP contribution >= 0.6 is 12.4 Å². The van der Waals surface area contributed by atoms with E-state index in [1.54, 1.807) is 17.0 Å². The third-order valence-electron chi connectivity index (χ3n) is 5.41. The van der Waals surface area contributed by atoms with Gasteiger partial charge in [0.1, 0.15) is 11.9 Å². The van der Waals surface area contributed by atoms with Crippen LogP contribution in [0.1, 0.15) is 50.1 Å². The zero-order valence-corrected chi connectivity index (χ0v) is 15.5. The number of likely N-dealkylation sites (tertiary alicyclic amines) is 1. The molecular formula is C19H26ClFN2O3. The van der Waals surface area contributed by atoms with Gasteiger partial charge in [0.2, 0.25) is 5.91 Å². The SMILES string of the molecule is Cl.O=C(CN1CCCC1C(=O)O)NC(c1ccc(F)cc1)C1CCCC1. The summed E-state index contributed by atoms with van der Waals surface area (Å²) >= 11 is 0. The topological polar surface area (TPSA) is 69.6 Å². The Morgan fingerprint density at radius 1 is 1.15 bits per heavy atom. The van der Waals surface area contributed by atoms with E-state index in [0.29, 0.717) is 18.9 Å². The molecular weight excluding hydrogens is 359 g/mol. The lowest BCUT2D eigenvalue weighted by molar-refractivity contribution is -0.142. The molecule has 0 bridgehead atoms. The second-order valence-corrected chi connectivity index (χ2v) is 7.11. The first-order chi connectivity index (χ1) is 12.0. The summed E-state index contributed by atoms with van der Waals surface area (Å²) in [5.41, 5.74) is 0.915. The molecule has 2 fully saturated rings. The average molecular weight is 385 g/mol. The van der Waals surface area contributed by atoms with Crippen LogP contribution < -0.4 is 5.32 Å². The van der Waals surface area contributed by atoms with E-state index in [1.165, 1.54) is 12.1 Å². The maximum atomic E-state index is 13.2. The van der Waals surface area contributed by atoms with E-state index >= 15 is 0 Å². The maximum absolute atomic E-state index is 13.2. The van der Waals surface area contributed by atoms with Crippen LogP contribution in [0.2, 0.25) is 0 Å². The minimum absolute atomic E-state index is 0. The lowest BCUT2D eigenvalue weighted by Crippen LogP contribution is -2.44.